The van der Waals surface area contributed by atoms with Crippen LogP contribution < -0.4 is 0 Å². The van der Waals surface area contributed by atoms with Crippen LogP contribution in [-0.2, 0) is 6.54 Å². The Morgan fingerprint density at radius 3 is 2.42 bits per heavy atom. The molecular formula is C22H30N4. The molecule has 0 N–H and O–H groups in total. The molecule has 3 heterocycles. The maximum atomic E-state index is 4.39. The summed E-state index contributed by atoms with van der Waals surface area (Å²) in [4.78, 5) is 14.0. The quantitative estimate of drug-likeness (QED) is 0.844. The molecule has 4 heteroatoms. The maximum Gasteiger partial charge on any atom is 0.142 e. The van der Waals surface area contributed by atoms with Crippen molar-refractivity contribution in [2.75, 3.05) is 32.7 Å². The molecule has 1 atom stereocenters. The van der Waals surface area contributed by atoms with E-state index in [-0.39, 0.29) is 0 Å². The van der Waals surface area contributed by atoms with Crippen LogP contribution in [-0.4, -0.2) is 52.5 Å². The first-order valence-electron chi connectivity index (χ1n) is 10.0. The molecule has 0 radical (unpaired) electrons. The molecule has 2 aromatic rings. The van der Waals surface area contributed by atoms with Gasteiger partial charge in [-0.25, -0.2) is 9.97 Å². The third-order valence-electron chi connectivity index (χ3n) is 6.34. The average Bonchev–Trinajstić information content (AvgIpc) is 2.71. The molecule has 2 aliphatic rings. The van der Waals surface area contributed by atoms with E-state index in [4.69, 9.17) is 0 Å². The van der Waals surface area contributed by atoms with Gasteiger partial charge < -0.3 is 4.90 Å². The highest BCUT2D eigenvalue weighted by molar-refractivity contribution is 5.21. The molecule has 2 saturated heterocycles. The smallest absolute Gasteiger partial charge is 0.142 e. The minimum atomic E-state index is 0.475. The second-order valence-electron chi connectivity index (χ2n) is 8.08. The Morgan fingerprint density at radius 2 is 1.73 bits per heavy atom. The lowest BCUT2D eigenvalue weighted by Crippen LogP contribution is -2.51. The van der Waals surface area contributed by atoms with E-state index in [1.165, 1.54) is 37.9 Å². The highest BCUT2D eigenvalue weighted by Crippen LogP contribution is 2.45. The topological polar surface area (TPSA) is 32.3 Å². The van der Waals surface area contributed by atoms with Crippen LogP contribution in [0.5, 0.6) is 0 Å². The number of likely N-dealkylation sites (N-methyl/N-ethyl adjacent to an activating group) is 1. The van der Waals surface area contributed by atoms with Crippen molar-refractivity contribution in [2.24, 2.45) is 5.41 Å². The fourth-order valence-electron chi connectivity index (χ4n) is 4.85. The molecular weight excluding hydrogens is 320 g/mol. The normalized spacial score (nSPS) is 24.0. The van der Waals surface area contributed by atoms with Gasteiger partial charge in [0.1, 0.15) is 5.82 Å². The van der Waals surface area contributed by atoms with Gasteiger partial charge in [0.2, 0.25) is 0 Å². The molecule has 1 aromatic carbocycles. The molecule has 0 unspecified atom stereocenters. The summed E-state index contributed by atoms with van der Waals surface area (Å²) in [7, 11) is 0. The average molecular weight is 351 g/mol. The zero-order chi connectivity index (χ0) is 17.8. The number of hydrogen-bond acceptors (Lipinski definition) is 4. The second-order valence-corrected chi connectivity index (χ2v) is 8.08. The van der Waals surface area contributed by atoms with Crippen LogP contribution in [0.2, 0.25) is 0 Å². The van der Waals surface area contributed by atoms with Gasteiger partial charge in [0.05, 0.1) is 6.54 Å². The molecule has 2 aliphatic heterocycles. The maximum absolute atomic E-state index is 4.39. The Bertz CT molecular complexity index is 680. The highest BCUT2D eigenvalue weighted by Gasteiger charge is 2.41. The number of rotatable bonds is 4. The monoisotopic (exact) mass is 350 g/mol. The van der Waals surface area contributed by atoms with Gasteiger partial charge in [0.15, 0.2) is 0 Å². The van der Waals surface area contributed by atoms with Crippen molar-refractivity contribution in [3.8, 4) is 0 Å². The van der Waals surface area contributed by atoms with Crippen molar-refractivity contribution >= 4 is 0 Å². The van der Waals surface area contributed by atoms with Crippen molar-refractivity contribution in [1.82, 2.24) is 19.8 Å². The Morgan fingerprint density at radius 1 is 1.00 bits per heavy atom. The molecule has 4 nitrogen and oxygen atoms in total. The van der Waals surface area contributed by atoms with E-state index in [1.54, 1.807) is 0 Å². The Hall–Kier alpha value is -1.78. The lowest BCUT2D eigenvalue weighted by atomic mass is 9.68. The Kier molecular flexibility index (Phi) is 5.32. The predicted molar refractivity (Wildman–Crippen MR) is 105 cm³/mol. The predicted octanol–water partition coefficient (Wildman–Crippen LogP) is 3.57. The van der Waals surface area contributed by atoms with E-state index >= 15 is 0 Å². The summed E-state index contributed by atoms with van der Waals surface area (Å²) in [5.74, 6) is 1.62. The fourth-order valence-corrected chi connectivity index (χ4v) is 4.85. The van der Waals surface area contributed by atoms with Crippen LogP contribution in [0.15, 0.2) is 48.8 Å². The lowest BCUT2D eigenvalue weighted by molar-refractivity contribution is 0.0131. The summed E-state index contributed by atoms with van der Waals surface area (Å²) >= 11 is 0. The lowest BCUT2D eigenvalue weighted by Gasteiger charge is -2.50. The summed E-state index contributed by atoms with van der Waals surface area (Å²) in [6, 6.07) is 13.0. The summed E-state index contributed by atoms with van der Waals surface area (Å²) in [5.41, 5.74) is 1.99. The molecule has 4 rings (SSSR count). The van der Waals surface area contributed by atoms with Crippen LogP contribution in [0.4, 0.5) is 0 Å². The SMILES string of the molecule is CCN1C[C@@H](c2ccccc2)CC2(CCN(Cc3ncccn3)CC2)C1. The number of likely N-dealkylation sites (tertiary alicyclic amines) is 2. The number of aromatic nitrogens is 2. The standard InChI is InChI=1S/C22H30N4/c1-2-25-16-20(19-7-4-3-5-8-19)15-22(18-25)9-13-26(14-10-22)17-21-23-11-6-12-24-21/h3-8,11-12,20H,2,9-10,13-18H2,1H3/t20-/m0/s1. The van der Waals surface area contributed by atoms with E-state index in [9.17, 15) is 0 Å². The van der Waals surface area contributed by atoms with Crippen molar-refractivity contribution in [3.05, 3.63) is 60.2 Å². The highest BCUT2D eigenvalue weighted by atomic mass is 15.2. The largest absolute Gasteiger partial charge is 0.302 e. The molecule has 1 spiro atoms. The zero-order valence-corrected chi connectivity index (χ0v) is 15.8. The number of piperidine rings is 2. The summed E-state index contributed by atoms with van der Waals surface area (Å²) in [6.45, 7) is 9.16. The molecule has 0 amide bonds. The van der Waals surface area contributed by atoms with Crippen LogP contribution >= 0.6 is 0 Å². The van der Waals surface area contributed by atoms with Crippen LogP contribution in [0.25, 0.3) is 0 Å². The van der Waals surface area contributed by atoms with Gasteiger partial charge in [0, 0.05) is 25.5 Å². The molecule has 1 aromatic heterocycles. The summed E-state index contributed by atoms with van der Waals surface area (Å²) in [6.07, 6.45) is 7.61. The fraction of sp³-hybridized carbons (Fsp3) is 0.545. The van der Waals surface area contributed by atoms with Gasteiger partial charge in [-0.05, 0) is 61.9 Å². The molecule has 0 saturated carbocycles. The molecule has 0 aliphatic carbocycles. The van der Waals surface area contributed by atoms with Gasteiger partial charge in [0.25, 0.3) is 0 Å². The number of nitrogens with zero attached hydrogens (tertiary/aromatic N) is 4. The third-order valence-corrected chi connectivity index (χ3v) is 6.34. The van der Waals surface area contributed by atoms with Crippen molar-refractivity contribution in [1.29, 1.82) is 0 Å². The van der Waals surface area contributed by atoms with Gasteiger partial charge in [-0.15, -0.1) is 0 Å². The van der Waals surface area contributed by atoms with Gasteiger partial charge in [-0.3, -0.25) is 4.90 Å². The minimum absolute atomic E-state index is 0.475. The van der Waals surface area contributed by atoms with Crippen LogP contribution in [0, 0.1) is 5.41 Å². The van der Waals surface area contributed by atoms with E-state index in [0.717, 1.165) is 32.0 Å². The summed E-state index contributed by atoms with van der Waals surface area (Å²) in [5, 5.41) is 0. The van der Waals surface area contributed by atoms with Crippen LogP contribution in [0.3, 0.4) is 0 Å². The first-order chi connectivity index (χ1) is 12.8. The van der Waals surface area contributed by atoms with E-state index in [2.05, 4.69) is 57.0 Å². The third kappa shape index (κ3) is 3.97. The van der Waals surface area contributed by atoms with Crippen molar-refractivity contribution in [3.63, 3.8) is 0 Å². The zero-order valence-electron chi connectivity index (χ0n) is 15.8. The second kappa shape index (κ2) is 7.85. The van der Waals surface area contributed by atoms with Gasteiger partial charge in [-0.1, -0.05) is 37.3 Å². The van der Waals surface area contributed by atoms with Gasteiger partial charge >= 0.3 is 0 Å². The van der Waals surface area contributed by atoms with Crippen molar-refractivity contribution in [2.45, 2.75) is 38.6 Å². The Balaban J connectivity index is 1.43. The van der Waals surface area contributed by atoms with Gasteiger partial charge in [-0.2, -0.15) is 0 Å². The molecule has 0 bridgehead atoms. The molecule has 26 heavy (non-hydrogen) atoms. The molecule has 2 fully saturated rings. The minimum Gasteiger partial charge on any atom is -0.302 e. The van der Waals surface area contributed by atoms with E-state index in [1.807, 2.05) is 18.5 Å². The van der Waals surface area contributed by atoms with Crippen molar-refractivity contribution < 1.29 is 0 Å². The number of benzene rings is 1. The number of hydrogen-bond donors (Lipinski definition) is 0. The first-order valence-corrected chi connectivity index (χ1v) is 10.0. The summed E-state index contributed by atoms with van der Waals surface area (Å²) < 4.78 is 0. The Labute approximate surface area is 157 Å². The van der Waals surface area contributed by atoms with E-state index < -0.39 is 0 Å². The first kappa shape index (κ1) is 17.6. The van der Waals surface area contributed by atoms with Crippen LogP contribution in [0.1, 0.15) is 43.5 Å². The molecule has 138 valence electrons. The van der Waals surface area contributed by atoms with E-state index in [0.29, 0.717) is 11.3 Å².